The maximum Gasteiger partial charge on any atom is 0.0685 e. The highest BCUT2D eigenvalue weighted by molar-refractivity contribution is 5.15. The largest absolute Gasteiger partial charge is 0.392 e. The van der Waals surface area contributed by atoms with E-state index in [1.807, 2.05) is 19.3 Å². The Hall–Kier alpha value is -0.930. The molecule has 0 saturated carbocycles. The Morgan fingerprint density at radius 3 is 3.00 bits per heavy atom. The number of likely N-dealkylation sites (N-methyl/N-ethyl adjacent to an activating group) is 1. The Bertz CT molecular complexity index is 276. The summed E-state index contributed by atoms with van der Waals surface area (Å²) in [5.41, 5.74) is 1.20. The van der Waals surface area contributed by atoms with Crippen molar-refractivity contribution in [3.63, 3.8) is 0 Å². The highest BCUT2D eigenvalue weighted by atomic mass is 16.3. The molecule has 2 rings (SSSR count). The summed E-state index contributed by atoms with van der Waals surface area (Å²) in [6.45, 7) is 0.763. The lowest BCUT2D eigenvalue weighted by molar-refractivity contribution is 0.182. The lowest BCUT2D eigenvalue weighted by Crippen LogP contribution is -2.19. The van der Waals surface area contributed by atoms with E-state index in [1.165, 1.54) is 5.56 Å². The molecule has 0 amide bonds. The Kier molecular flexibility index (Phi) is 2.29. The number of aromatic nitrogens is 1. The first-order valence-corrected chi connectivity index (χ1v) is 4.55. The van der Waals surface area contributed by atoms with E-state index in [9.17, 15) is 5.11 Å². The van der Waals surface area contributed by atoms with Gasteiger partial charge in [0, 0.05) is 25.0 Å². The van der Waals surface area contributed by atoms with E-state index < -0.39 is 0 Å². The van der Waals surface area contributed by atoms with Crippen molar-refractivity contribution in [3.8, 4) is 0 Å². The maximum atomic E-state index is 9.47. The quantitative estimate of drug-likeness (QED) is 0.691. The molecule has 0 spiro atoms. The molecule has 0 aliphatic carbocycles. The predicted octanol–water partition coefficient (Wildman–Crippen LogP) is 0.819. The first kappa shape index (κ1) is 8.66. The molecule has 1 aromatic heterocycles. The second-order valence-corrected chi connectivity index (χ2v) is 3.63. The average Bonchev–Trinajstić information content (AvgIpc) is 2.47. The van der Waals surface area contributed by atoms with Crippen molar-refractivity contribution in [2.24, 2.45) is 0 Å². The zero-order chi connectivity index (χ0) is 9.26. The molecule has 1 saturated heterocycles. The number of hydrogen-bond donors (Lipinski definition) is 1. The van der Waals surface area contributed by atoms with Gasteiger partial charge in [-0.3, -0.25) is 9.88 Å². The first-order chi connectivity index (χ1) is 6.27. The van der Waals surface area contributed by atoms with Gasteiger partial charge in [0.2, 0.25) is 0 Å². The highest BCUT2D eigenvalue weighted by Crippen LogP contribution is 2.29. The van der Waals surface area contributed by atoms with Crippen LogP contribution < -0.4 is 0 Å². The van der Waals surface area contributed by atoms with Gasteiger partial charge in [0.1, 0.15) is 0 Å². The molecule has 3 heteroatoms. The van der Waals surface area contributed by atoms with E-state index in [2.05, 4.69) is 16.0 Å². The molecule has 1 aromatic rings. The summed E-state index contributed by atoms with van der Waals surface area (Å²) < 4.78 is 0. The van der Waals surface area contributed by atoms with E-state index in [0.29, 0.717) is 6.04 Å². The van der Waals surface area contributed by atoms with Gasteiger partial charge in [-0.25, -0.2) is 0 Å². The predicted molar refractivity (Wildman–Crippen MR) is 50.2 cm³/mol. The van der Waals surface area contributed by atoms with Crippen LogP contribution in [0.1, 0.15) is 18.0 Å². The molecule has 0 aromatic carbocycles. The molecule has 0 bridgehead atoms. The lowest BCUT2D eigenvalue weighted by atomic mass is 10.1. The first-order valence-electron chi connectivity index (χ1n) is 4.55. The molecular formula is C10H14N2O. The second-order valence-electron chi connectivity index (χ2n) is 3.63. The summed E-state index contributed by atoms with van der Waals surface area (Å²) in [6.07, 6.45) is 4.28. The topological polar surface area (TPSA) is 36.4 Å². The molecule has 1 aliphatic rings. The van der Waals surface area contributed by atoms with Gasteiger partial charge in [-0.05, 0) is 25.1 Å². The fourth-order valence-electron chi connectivity index (χ4n) is 1.94. The number of β-amino-alcohol motifs (C(OH)–C–C–N with tert-alkyl or cyclic N) is 1. The van der Waals surface area contributed by atoms with Crippen molar-refractivity contribution < 1.29 is 5.11 Å². The van der Waals surface area contributed by atoms with E-state index in [-0.39, 0.29) is 6.10 Å². The van der Waals surface area contributed by atoms with Crippen molar-refractivity contribution in [3.05, 3.63) is 30.1 Å². The summed E-state index contributed by atoms with van der Waals surface area (Å²) in [5.74, 6) is 0. The zero-order valence-corrected chi connectivity index (χ0v) is 7.72. The van der Waals surface area contributed by atoms with Crippen LogP contribution in [-0.4, -0.2) is 34.7 Å². The summed E-state index contributed by atoms with van der Waals surface area (Å²) in [7, 11) is 2.04. The molecule has 13 heavy (non-hydrogen) atoms. The SMILES string of the molecule is CN1C[C@H](O)C[C@@H]1c1cccnc1. The number of likely N-dealkylation sites (tertiary alicyclic amines) is 1. The summed E-state index contributed by atoms with van der Waals surface area (Å²) >= 11 is 0. The van der Waals surface area contributed by atoms with Gasteiger partial charge in [0.25, 0.3) is 0 Å². The van der Waals surface area contributed by atoms with Crippen molar-refractivity contribution in [2.75, 3.05) is 13.6 Å². The molecule has 1 aliphatic heterocycles. The molecule has 3 nitrogen and oxygen atoms in total. The van der Waals surface area contributed by atoms with E-state index in [0.717, 1.165) is 13.0 Å². The van der Waals surface area contributed by atoms with Gasteiger partial charge >= 0.3 is 0 Å². The second kappa shape index (κ2) is 3.44. The molecule has 2 atom stereocenters. The van der Waals surface area contributed by atoms with Crippen LogP contribution in [0.25, 0.3) is 0 Å². The van der Waals surface area contributed by atoms with Gasteiger partial charge in [-0.2, -0.15) is 0 Å². The Labute approximate surface area is 78.0 Å². The Morgan fingerprint density at radius 2 is 2.46 bits per heavy atom. The van der Waals surface area contributed by atoms with E-state index >= 15 is 0 Å². The minimum atomic E-state index is -0.185. The van der Waals surface area contributed by atoms with Crippen LogP contribution in [-0.2, 0) is 0 Å². The standard InChI is InChI=1S/C10H14N2O/c1-12-7-9(13)5-10(12)8-3-2-4-11-6-8/h2-4,6,9-10,13H,5,7H2,1H3/t9-,10-/m1/s1. The fraction of sp³-hybridized carbons (Fsp3) is 0.500. The van der Waals surface area contributed by atoms with Crippen LogP contribution in [0, 0.1) is 0 Å². The molecule has 0 unspecified atom stereocenters. The van der Waals surface area contributed by atoms with Crippen molar-refractivity contribution in [2.45, 2.75) is 18.6 Å². The average molecular weight is 178 g/mol. The molecule has 2 heterocycles. The number of nitrogens with zero attached hydrogens (tertiary/aromatic N) is 2. The van der Waals surface area contributed by atoms with Crippen molar-refractivity contribution >= 4 is 0 Å². The fourth-order valence-corrected chi connectivity index (χ4v) is 1.94. The Morgan fingerprint density at radius 1 is 1.62 bits per heavy atom. The molecule has 1 fully saturated rings. The molecule has 0 radical (unpaired) electrons. The molecule has 1 N–H and O–H groups in total. The van der Waals surface area contributed by atoms with Gasteiger partial charge in [-0.15, -0.1) is 0 Å². The van der Waals surface area contributed by atoms with Gasteiger partial charge in [-0.1, -0.05) is 6.07 Å². The van der Waals surface area contributed by atoms with Gasteiger partial charge < -0.3 is 5.11 Å². The number of pyridine rings is 1. The van der Waals surface area contributed by atoms with E-state index in [1.54, 1.807) is 6.20 Å². The van der Waals surface area contributed by atoms with Gasteiger partial charge in [0.05, 0.1) is 6.10 Å². The van der Waals surface area contributed by atoms with Crippen LogP contribution >= 0.6 is 0 Å². The number of aliphatic hydroxyl groups excluding tert-OH is 1. The smallest absolute Gasteiger partial charge is 0.0685 e. The molecular weight excluding hydrogens is 164 g/mol. The third kappa shape index (κ3) is 1.71. The third-order valence-electron chi connectivity index (χ3n) is 2.60. The summed E-state index contributed by atoms with van der Waals surface area (Å²) in [5, 5.41) is 9.47. The number of aliphatic hydroxyl groups is 1. The van der Waals surface area contributed by atoms with Crippen molar-refractivity contribution in [1.29, 1.82) is 0 Å². The van der Waals surface area contributed by atoms with Crippen LogP contribution in [0.3, 0.4) is 0 Å². The van der Waals surface area contributed by atoms with Crippen LogP contribution in [0.5, 0.6) is 0 Å². The lowest BCUT2D eigenvalue weighted by Gasteiger charge is -2.18. The summed E-state index contributed by atoms with van der Waals surface area (Å²) in [4.78, 5) is 6.25. The number of hydrogen-bond acceptors (Lipinski definition) is 3. The van der Waals surface area contributed by atoms with E-state index in [4.69, 9.17) is 0 Å². The van der Waals surface area contributed by atoms with Crippen LogP contribution in [0.2, 0.25) is 0 Å². The Balaban J connectivity index is 2.18. The van der Waals surface area contributed by atoms with Crippen LogP contribution in [0.15, 0.2) is 24.5 Å². The number of rotatable bonds is 1. The van der Waals surface area contributed by atoms with Crippen molar-refractivity contribution in [1.82, 2.24) is 9.88 Å². The minimum Gasteiger partial charge on any atom is -0.392 e. The van der Waals surface area contributed by atoms with Gasteiger partial charge in [0.15, 0.2) is 0 Å². The zero-order valence-electron chi connectivity index (χ0n) is 7.72. The third-order valence-corrected chi connectivity index (χ3v) is 2.60. The normalized spacial score (nSPS) is 29.4. The monoisotopic (exact) mass is 178 g/mol. The molecule has 70 valence electrons. The maximum absolute atomic E-state index is 9.47. The summed E-state index contributed by atoms with van der Waals surface area (Å²) in [6, 6.07) is 4.34. The van der Waals surface area contributed by atoms with Crippen LogP contribution in [0.4, 0.5) is 0 Å². The highest BCUT2D eigenvalue weighted by Gasteiger charge is 2.28. The minimum absolute atomic E-state index is 0.185.